The molecular weight excluding hydrogens is 358 g/mol. The molecule has 0 saturated carbocycles. The first-order valence-corrected chi connectivity index (χ1v) is 8.85. The Balaban J connectivity index is 1.55. The number of benzene rings is 1. The van der Waals surface area contributed by atoms with Gasteiger partial charge in [0.25, 0.3) is 5.56 Å². The number of carbonyl (C=O) groups is 1. The van der Waals surface area contributed by atoms with E-state index >= 15 is 0 Å². The van der Waals surface area contributed by atoms with E-state index in [0.717, 1.165) is 10.9 Å². The van der Waals surface area contributed by atoms with E-state index in [2.05, 4.69) is 20.4 Å². The number of H-pyrrole nitrogens is 1. The van der Waals surface area contributed by atoms with Gasteiger partial charge in [0.1, 0.15) is 0 Å². The fourth-order valence-corrected chi connectivity index (χ4v) is 3.17. The maximum atomic E-state index is 12.9. The van der Waals surface area contributed by atoms with E-state index in [4.69, 9.17) is 4.74 Å². The molecule has 2 N–H and O–H groups in total. The highest BCUT2D eigenvalue weighted by Gasteiger charge is 2.15. The summed E-state index contributed by atoms with van der Waals surface area (Å²) in [6.07, 6.45) is 1.98. The first-order valence-electron chi connectivity index (χ1n) is 8.85. The second-order valence-electron chi connectivity index (χ2n) is 6.43. The average Bonchev–Trinajstić information content (AvgIpc) is 3.07. The number of amides is 1. The second-order valence-corrected chi connectivity index (χ2v) is 6.43. The molecule has 0 aliphatic carbocycles. The smallest absolute Gasteiger partial charge is 0.276 e. The summed E-state index contributed by atoms with van der Waals surface area (Å²) in [7, 11) is 1.53. The van der Waals surface area contributed by atoms with Gasteiger partial charge in [0, 0.05) is 29.1 Å². The van der Waals surface area contributed by atoms with Gasteiger partial charge in [-0.05, 0) is 31.5 Å². The number of para-hydroxylation sites is 1. The highest BCUT2D eigenvalue weighted by atomic mass is 16.5. The lowest BCUT2D eigenvalue weighted by molar-refractivity contribution is -0.116. The van der Waals surface area contributed by atoms with Crippen molar-refractivity contribution in [3.05, 3.63) is 64.2 Å². The molecule has 3 heterocycles. The number of pyridine rings is 1. The van der Waals surface area contributed by atoms with Crippen LogP contribution in [0, 0.1) is 6.92 Å². The highest BCUT2D eigenvalue weighted by Crippen LogP contribution is 2.18. The number of rotatable bonds is 5. The summed E-state index contributed by atoms with van der Waals surface area (Å²) in [5.41, 5.74) is 2.98. The number of hydrogen-bond acceptors (Lipinski definition) is 5. The largest absolute Gasteiger partial charge is 0.481 e. The maximum Gasteiger partial charge on any atom is 0.276 e. The predicted octanol–water partition coefficient (Wildman–Crippen LogP) is 2.46. The van der Waals surface area contributed by atoms with Crippen LogP contribution in [0.1, 0.15) is 17.7 Å². The Hall–Kier alpha value is -3.68. The number of hydrogen-bond donors (Lipinski definition) is 2. The Morgan fingerprint density at radius 3 is 2.82 bits per heavy atom. The van der Waals surface area contributed by atoms with E-state index in [0.29, 0.717) is 34.9 Å². The van der Waals surface area contributed by atoms with Crippen molar-refractivity contribution in [2.24, 2.45) is 0 Å². The number of nitrogens with one attached hydrogen (secondary N) is 2. The van der Waals surface area contributed by atoms with Crippen molar-refractivity contribution in [2.45, 2.75) is 19.8 Å². The monoisotopic (exact) mass is 377 g/mol. The number of nitrogens with zero attached hydrogens (tertiary/aromatic N) is 3. The quantitative estimate of drug-likeness (QED) is 0.556. The molecule has 1 aromatic carbocycles. The van der Waals surface area contributed by atoms with Crippen molar-refractivity contribution in [1.29, 1.82) is 0 Å². The molecule has 8 heteroatoms. The molecule has 0 bridgehead atoms. The Labute approximate surface area is 160 Å². The second kappa shape index (κ2) is 7.15. The first-order chi connectivity index (χ1) is 13.6. The van der Waals surface area contributed by atoms with Crippen LogP contribution in [0.5, 0.6) is 5.88 Å². The summed E-state index contributed by atoms with van der Waals surface area (Å²) in [5.74, 6) is 0.270. The zero-order chi connectivity index (χ0) is 19.7. The fraction of sp³-hybridized carbons (Fsp3) is 0.200. The lowest BCUT2D eigenvalue weighted by Gasteiger charge is -2.07. The highest BCUT2D eigenvalue weighted by molar-refractivity contribution is 5.92. The molecule has 0 saturated heterocycles. The van der Waals surface area contributed by atoms with Gasteiger partial charge in [0.05, 0.1) is 24.5 Å². The van der Waals surface area contributed by atoms with Gasteiger partial charge < -0.3 is 10.1 Å². The molecule has 0 aliphatic heterocycles. The van der Waals surface area contributed by atoms with Crippen molar-refractivity contribution < 1.29 is 9.53 Å². The van der Waals surface area contributed by atoms with Crippen molar-refractivity contribution in [3.63, 3.8) is 0 Å². The van der Waals surface area contributed by atoms with Crippen LogP contribution in [0.2, 0.25) is 0 Å². The van der Waals surface area contributed by atoms with Crippen LogP contribution in [0.3, 0.4) is 0 Å². The Kier molecular flexibility index (Phi) is 4.52. The predicted molar refractivity (Wildman–Crippen MR) is 106 cm³/mol. The zero-order valence-electron chi connectivity index (χ0n) is 15.5. The van der Waals surface area contributed by atoms with Crippen molar-refractivity contribution >= 4 is 28.1 Å². The van der Waals surface area contributed by atoms with Crippen LogP contribution in [-0.4, -0.2) is 32.6 Å². The maximum absolute atomic E-state index is 12.9. The molecule has 0 fully saturated rings. The first kappa shape index (κ1) is 17.7. The lowest BCUT2D eigenvalue weighted by Crippen LogP contribution is -2.23. The van der Waals surface area contributed by atoms with Crippen molar-refractivity contribution in [3.8, 4) is 5.88 Å². The third kappa shape index (κ3) is 3.20. The van der Waals surface area contributed by atoms with E-state index in [1.54, 1.807) is 19.1 Å². The van der Waals surface area contributed by atoms with Crippen molar-refractivity contribution in [2.75, 3.05) is 12.4 Å². The van der Waals surface area contributed by atoms with Gasteiger partial charge in [-0.1, -0.05) is 12.1 Å². The molecule has 1 amide bonds. The summed E-state index contributed by atoms with van der Waals surface area (Å²) < 4.78 is 6.43. The molecule has 28 heavy (non-hydrogen) atoms. The van der Waals surface area contributed by atoms with Crippen LogP contribution < -0.4 is 15.6 Å². The van der Waals surface area contributed by atoms with Crippen LogP contribution in [0.4, 0.5) is 5.69 Å². The van der Waals surface area contributed by atoms with Gasteiger partial charge in [0.15, 0.2) is 5.65 Å². The van der Waals surface area contributed by atoms with Gasteiger partial charge in [-0.15, -0.1) is 0 Å². The number of aromatic nitrogens is 4. The Morgan fingerprint density at radius 1 is 1.25 bits per heavy atom. The topological polar surface area (TPSA) is 101 Å². The summed E-state index contributed by atoms with van der Waals surface area (Å²) in [6, 6.07) is 11.0. The lowest BCUT2D eigenvalue weighted by atomic mass is 10.1. The third-order valence-electron chi connectivity index (χ3n) is 4.61. The van der Waals surface area contributed by atoms with Gasteiger partial charge in [-0.2, -0.15) is 0 Å². The number of aryl methyl sites for hydroxylation is 1. The number of fused-ring (bicyclic) bond motifs is 3. The summed E-state index contributed by atoms with van der Waals surface area (Å²) in [6.45, 7) is 1.80. The molecule has 0 spiro atoms. The third-order valence-corrected chi connectivity index (χ3v) is 4.61. The van der Waals surface area contributed by atoms with E-state index in [9.17, 15) is 9.59 Å². The number of carbonyl (C=O) groups excluding carboxylic acids is 1. The molecule has 0 radical (unpaired) electrons. The van der Waals surface area contributed by atoms with Crippen LogP contribution in [0.25, 0.3) is 16.6 Å². The van der Waals surface area contributed by atoms with Crippen LogP contribution in [0.15, 0.2) is 47.4 Å². The van der Waals surface area contributed by atoms with E-state index in [-0.39, 0.29) is 17.9 Å². The Bertz CT molecular complexity index is 1220. The molecule has 0 unspecified atom stereocenters. The fourth-order valence-electron chi connectivity index (χ4n) is 3.17. The summed E-state index contributed by atoms with van der Waals surface area (Å²) in [5, 5.41) is 6.73. The van der Waals surface area contributed by atoms with Crippen LogP contribution >= 0.6 is 0 Å². The minimum Gasteiger partial charge on any atom is -0.481 e. The normalized spacial score (nSPS) is 11.1. The SMILES string of the molecule is COc1ccc(NC(=O)CCc2c(C)nc3c4ccccc4[nH]n3c2=O)cn1. The van der Waals surface area contributed by atoms with Crippen LogP contribution in [-0.2, 0) is 11.2 Å². The van der Waals surface area contributed by atoms with E-state index in [1.807, 2.05) is 24.3 Å². The molecule has 4 aromatic rings. The van der Waals surface area contributed by atoms with Gasteiger partial charge >= 0.3 is 0 Å². The standard InChI is InChI=1S/C20H19N5O3/c1-12-14(8-9-17(26)23-13-7-10-18(28-2)21-11-13)20(27)25-19(22-12)15-5-3-4-6-16(15)24-25/h3-7,10-11,24H,8-9H2,1-2H3,(H,23,26). The molecule has 0 aliphatic rings. The molecule has 142 valence electrons. The Morgan fingerprint density at radius 2 is 2.07 bits per heavy atom. The summed E-state index contributed by atoms with van der Waals surface area (Å²) in [4.78, 5) is 33.8. The number of methoxy groups -OCH3 is 1. The molecular formula is C20H19N5O3. The van der Waals surface area contributed by atoms with E-state index < -0.39 is 0 Å². The zero-order valence-corrected chi connectivity index (χ0v) is 15.5. The molecule has 8 nitrogen and oxygen atoms in total. The minimum atomic E-state index is -0.201. The minimum absolute atomic E-state index is 0.163. The summed E-state index contributed by atoms with van der Waals surface area (Å²) >= 11 is 0. The van der Waals surface area contributed by atoms with Gasteiger partial charge in [-0.3, -0.25) is 14.7 Å². The van der Waals surface area contributed by atoms with Gasteiger partial charge in [0.2, 0.25) is 11.8 Å². The van der Waals surface area contributed by atoms with Gasteiger partial charge in [-0.25, -0.2) is 14.5 Å². The number of aromatic amines is 1. The molecule has 0 atom stereocenters. The molecule has 4 rings (SSSR count). The average molecular weight is 377 g/mol. The molecule has 3 aromatic heterocycles. The van der Waals surface area contributed by atoms with E-state index in [1.165, 1.54) is 17.8 Å². The van der Waals surface area contributed by atoms with Crippen molar-refractivity contribution in [1.82, 2.24) is 19.6 Å². The number of ether oxygens (including phenoxy) is 1. The number of anilines is 1.